The van der Waals surface area contributed by atoms with Crippen LogP contribution in [0.5, 0.6) is 0 Å². The molecule has 3 nitrogen and oxygen atoms in total. The van der Waals surface area contributed by atoms with Gasteiger partial charge in [-0.1, -0.05) is 6.07 Å². The molecule has 1 aromatic carbocycles. The number of hydrogen-bond acceptors (Lipinski definition) is 2. The molecule has 2 heterocycles. The fourth-order valence-electron chi connectivity index (χ4n) is 2.12. The van der Waals surface area contributed by atoms with Crippen molar-refractivity contribution in [2.24, 2.45) is 0 Å². The average molecular weight is 235 g/mol. The number of nitrogens with zero attached hydrogens (tertiary/aromatic N) is 2. The largest absolute Gasteiger partial charge is 0.311 e. The first kappa shape index (κ1) is 10.4. The number of benzene rings is 1. The van der Waals surface area contributed by atoms with Crippen LogP contribution < -0.4 is 5.32 Å². The Balaban J connectivity index is 2.15. The van der Waals surface area contributed by atoms with Gasteiger partial charge in [-0.15, -0.1) is 0 Å². The number of fused-ring (bicyclic) bond motifs is 1. The van der Waals surface area contributed by atoms with Crippen molar-refractivity contribution in [3.8, 4) is 5.69 Å². The quantitative estimate of drug-likeness (QED) is 0.816. The molecule has 88 valence electrons. The van der Waals surface area contributed by atoms with Crippen molar-refractivity contribution >= 4 is 0 Å². The number of halogens is 2. The van der Waals surface area contributed by atoms with Gasteiger partial charge in [-0.3, -0.25) is 4.57 Å². The van der Waals surface area contributed by atoms with Gasteiger partial charge < -0.3 is 5.32 Å². The molecule has 17 heavy (non-hydrogen) atoms. The lowest BCUT2D eigenvalue weighted by molar-refractivity contribution is 0.502. The van der Waals surface area contributed by atoms with E-state index in [-0.39, 0.29) is 5.69 Å². The average Bonchev–Trinajstić information content (AvgIpc) is 2.77. The Morgan fingerprint density at radius 2 is 2.18 bits per heavy atom. The van der Waals surface area contributed by atoms with Crippen LogP contribution in [0.1, 0.15) is 11.4 Å². The Morgan fingerprint density at radius 3 is 3.06 bits per heavy atom. The van der Waals surface area contributed by atoms with Crippen LogP contribution in [0.4, 0.5) is 8.78 Å². The summed E-state index contributed by atoms with van der Waals surface area (Å²) in [5.74, 6) is -1.66. The summed E-state index contributed by atoms with van der Waals surface area (Å²) in [4.78, 5) is 4.22. The highest BCUT2D eigenvalue weighted by molar-refractivity contribution is 5.38. The first-order valence-corrected chi connectivity index (χ1v) is 5.47. The SMILES string of the molecule is Fc1cccc(-n2cnc3c2CCNC3)c1F. The highest BCUT2D eigenvalue weighted by atomic mass is 19.2. The van der Waals surface area contributed by atoms with Crippen LogP contribution in [0.25, 0.3) is 5.69 Å². The van der Waals surface area contributed by atoms with E-state index < -0.39 is 11.6 Å². The van der Waals surface area contributed by atoms with E-state index in [0.29, 0.717) is 6.54 Å². The second kappa shape index (κ2) is 3.92. The highest BCUT2D eigenvalue weighted by Gasteiger charge is 2.18. The van der Waals surface area contributed by atoms with Crippen molar-refractivity contribution in [3.05, 3.63) is 47.5 Å². The van der Waals surface area contributed by atoms with Gasteiger partial charge in [-0.2, -0.15) is 0 Å². The van der Waals surface area contributed by atoms with Crippen LogP contribution in [-0.2, 0) is 13.0 Å². The zero-order chi connectivity index (χ0) is 11.8. The lowest BCUT2D eigenvalue weighted by Crippen LogP contribution is -2.24. The predicted octanol–water partition coefficient (Wildman–Crippen LogP) is 1.80. The summed E-state index contributed by atoms with van der Waals surface area (Å²) in [7, 11) is 0. The number of rotatable bonds is 1. The molecule has 0 unspecified atom stereocenters. The van der Waals surface area contributed by atoms with Crippen LogP contribution in [0.3, 0.4) is 0 Å². The molecular formula is C12H11F2N3. The molecule has 0 spiro atoms. The van der Waals surface area contributed by atoms with E-state index in [1.807, 2.05) is 0 Å². The van der Waals surface area contributed by atoms with Crippen LogP contribution in [0.2, 0.25) is 0 Å². The van der Waals surface area contributed by atoms with E-state index >= 15 is 0 Å². The second-order valence-corrected chi connectivity index (χ2v) is 4.01. The molecule has 0 saturated carbocycles. The summed E-state index contributed by atoms with van der Waals surface area (Å²) in [6.07, 6.45) is 2.32. The van der Waals surface area contributed by atoms with Crippen molar-refractivity contribution in [1.82, 2.24) is 14.9 Å². The zero-order valence-electron chi connectivity index (χ0n) is 9.08. The third-order valence-electron chi connectivity index (χ3n) is 2.97. The van der Waals surface area contributed by atoms with E-state index in [1.54, 1.807) is 17.0 Å². The van der Waals surface area contributed by atoms with Gasteiger partial charge in [-0.25, -0.2) is 13.8 Å². The molecule has 1 N–H and O–H groups in total. The van der Waals surface area contributed by atoms with E-state index in [4.69, 9.17) is 0 Å². The summed E-state index contributed by atoms with van der Waals surface area (Å²) in [6.45, 7) is 1.51. The first-order valence-electron chi connectivity index (χ1n) is 5.47. The Bertz CT molecular complexity index is 563. The number of nitrogens with one attached hydrogen (secondary N) is 1. The van der Waals surface area contributed by atoms with Crippen molar-refractivity contribution in [2.75, 3.05) is 6.54 Å². The topological polar surface area (TPSA) is 29.9 Å². The molecule has 2 aromatic rings. The normalized spacial score (nSPS) is 14.7. The molecule has 0 amide bonds. The third-order valence-corrected chi connectivity index (χ3v) is 2.97. The molecule has 1 aromatic heterocycles. The Morgan fingerprint density at radius 1 is 1.29 bits per heavy atom. The van der Waals surface area contributed by atoms with Crippen molar-refractivity contribution in [1.29, 1.82) is 0 Å². The van der Waals surface area contributed by atoms with Gasteiger partial charge in [0.05, 0.1) is 17.7 Å². The maximum absolute atomic E-state index is 13.7. The monoisotopic (exact) mass is 235 g/mol. The first-order chi connectivity index (χ1) is 8.27. The highest BCUT2D eigenvalue weighted by Crippen LogP contribution is 2.21. The number of imidazole rings is 1. The van der Waals surface area contributed by atoms with E-state index in [2.05, 4.69) is 10.3 Å². The molecule has 3 rings (SSSR count). The molecule has 1 aliphatic rings. The molecule has 0 atom stereocenters. The summed E-state index contributed by atoms with van der Waals surface area (Å²) < 4.78 is 28.5. The molecule has 0 bridgehead atoms. The van der Waals surface area contributed by atoms with Crippen molar-refractivity contribution in [2.45, 2.75) is 13.0 Å². The molecule has 0 saturated heterocycles. The smallest absolute Gasteiger partial charge is 0.182 e. The van der Waals surface area contributed by atoms with E-state index in [1.165, 1.54) is 6.07 Å². The lowest BCUT2D eigenvalue weighted by atomic mass is 10.1. The second-order valence-electron chi connectivity index (χ2n) is 4.01. The summed E-state index contributed by atoms with van der Waals surface area (Å²) in [5.41, 5.74) is 2.08. The third kappa shape index (κ3) is 1.63. The number of aromatic nitrogens is 2. The van der Waals surface area contributed by atoms with E-state index in [9.17, 15) is 8.78 Å². The molecule has 0 fully saturated rings. The van der Waals surface area contributed by atoms with Gasteiger partial charge in [-0.05, 0) is 12.1 Å². The Hall–Kier alpha value is -1.75. The van der Waals surface area contributed by atoms with Gasteiger partial charge in [0.2, 0.25) is 0 Å². The minimum Gasteiger partial charge on any atom is -0.311 e. The summed E-state index contributed by atoms with van der Waals surface area (Å²) >= 11 is 0. The fraction of sp³-hybridized carbons (Fsp3) is 0.250. The molecule has 5 heteroatoms. The Kier molecular flexibility index (Phi) is 2.40. The molecular weight excluding hydrogens is 224 g/mol. The Labute approximate surface area is 97.1 Å². The standard InChI is InChI=1S/C12H11F2N3/c13-8-2-1-3-11(12(8)14)17-7-16-9-6-15-5-4-10(9)17/h1-3,7,15H,4-6H2. The van der Waals surface area contributed by atoms with Gasteiger partial charge in [0, 0.05) is 25.2 Å². The molecule has 1 aliphatic heterocycles. The van der Waals surface area contributed by atoms with Crippen LogP contribution in [0.15, 0.2) is 24.5 Å². The van der Waals surface area contributed by atoms with Crippen molar-refractivity contribution in [3.63, 3.8) is 0 Å². The predicted molar refractivity (Wildman–Crippen MR) is 58.9 cm³/mol. The zero-order valence-corrected chi connectivity index (χ0v) is 9.08. The van der Waals surface area contributed by atoms with Crippen LogP contribution >= 0.6 is 0 Å². The summed E-state index contributed by atoms with van der Waals surface area (Å²) in [6, 6.07) is 4.17. The number of hydrogen-bond donors (Lipinski definition) is 1. The van der Waals surface area contributed by atoms with Gasteiger partial charge in [0.1, 0.15) is 0 Å². The van der Waals surface area contributed by atoms with Crippen molar-refractivity contribution < 1.29 is 8.78 Å². The minimum absolute atomic E-state index is 0.223. The van der Waals surface area contributed by atoms with Crippen LogP contribution in [0, 0.1) is 11.6 Å². The minimum atomic E-state index is -0.834. The van der Waals surface area contributed by atoms with Crippen LogP contribution in [-0.4, -0.2) is 16.1 Å². The van der Waals surface area contributed by atoms with Gasteiger partial charge >= 0.3 is 0 Å². The van der Waals surface area contributed by atoms with E-state index in [0.717, 1.165) is 30.4 Å². The van der Waals surface area contributed by atoms with Gasteiger partial charge in [0.15, 0.2) is 11.6 Å². The van der Waals surface area contributed by atoms with Gasteiger partial charge in [0.25, 0.3) is 0 Å². The maximum Gasteiger partial charge on any atom is 0.182 e. The maximum atomic E-state index is 13.7. The molecule has 0 aliphatic carbocycles. The lowest BCUT2D eigenvalue weighted by Gasteiger charge is -2.15. The fourth-order valence-corrected chi connectivity index (χ4v) is 2.12. The summed E-state index contributed by atoms with van der Waals surface area (Å²) in [5, 5.41) is 3.19. The molecule has 0 radical (unpaired) electrons.